The van der Waals surface area contributed by atoms with Crippen molar-refractivity contribution in [3.8, 4) is 23.1 Å². The van der Waals surface area contributed by atoms with E-state index in [4.69, 9.17) is 5.73 Å². The minimum absolute atomic E-state index is 0.212. The molecular weight excluding hydrogens is 366 g/mol. The van der Waals surface area contributed by atoms with E-state index in [1.165, 1.54) is 4.90 Å². The first-order valence-electron chi connectivity index (χ1n) is 9.18. The summed E-state index contributed by atoms with van der Waals surface area (Å²) in [4.78, 5) is 29.9. The van der Waals surface area contributed by atoms with Crippen LogP contribution in [0, 0.1) is 11.8 Å². The van der Waals surface area contributed by atoms with Crippen molar-refractivity contribution in [2.45, 2.75) is 12.0 Å². The molecule has 0 saturated carbocycles. The molecule has 1 aliphatic rings. The number of aliphatic hydroxyl groups is 1. The summed E-state index contributed by atoms with van der Waals surface area (Å²) >= 11 is 0. The highest BCUT2D eigenvalue weighted by Gasteiger charge is 2.42. The number of hydrogen-bond acceptors (Lipinski definition) is 4. The number of benzene rings is 2. The topological polar surface area (TPSA) is 96.5 Å². The molecule has 1 fully saturated rings. The number of likely N-dealkylation sites (N-methyl/N-ethyl adjacent to an activating group) is 1. The maximum Gasteiger partial charge on any atom is 0.267 e. The highest BCUT2D eigenvalue weighted by molar-refractivity contribution is 6.05. The number of aromatic nitrogens is 1. The zero-order chi connectivity index (χ0) is 20.6. The summed E-state index contributed by atoms with van der Waals surface area (Å²) in [6.07, 6.45) is 0.281. The van der Waals surface area contributed by atoms with Gasteiger partial charge in [-0.15, -0.1) is 0 Å². The number of amides is 2. The molecule has 3 aromatic rings. The van der Waals surface area contributed by atoms with Crippen LogP contribution < -0.4 is 5.73 Å². The Labute approximate surface area is 168 Å². The Balaban J connectivity index is 1.75. The smallest absolute Gasteiger partial charge is 0.267 e. The Morgan fingerprint density at radius 3 is 2.72 bits per heavy atom. The van der Waals surface area contributed by atoms with Crippen LogP contribution in [0.5, 0.6) is 0 Å². The van der Waals surface area contributed by atoms with Gasteiger partial charge in [0, 0.05) is 36.5 Å². The fourth-order valence-corrected chi connectivity index (χ4v) is 3.44. The lowest BCUT2D eigenvalue weighted by Crippen LogP contribution is -2.37. The number of nitrogens with zero attached hydrogens (tertiary/aromatic N) is 2. The Bertz CT molecular complexity index is 1210. The summed E-state index contributed by atoms with van der Waals surface area (Å²) in [6.45, 7) is 0.473. The number of nitrogens with two attached hydrogens (primary N) is 1. The Kier molecular flexibility index (Phi) is 4.53. The number of primary amides is 1. The van der Waals surface area contributed by atoms with Crippen LogP contribution >= 0.6 is 0 Å². The molecule has 144 valence electrons. The molecule has 0 radical (unpaired) electrons. The predicted octanol–water partition coefficient (Wildman–Crippen LogP) is 1.95. The second-order valence-corrected chi connectivity index (χ2v) is 7.11. The first-order chi connectivity index (χ1) is 13.9. The SMILES string of the molecule is CN1CCC(O)(C#Cc2cccc(-c3cc4ccccc4c(C(N)=O)n3)c2)C1=O. The van der Waals surface area contributed by atoms with Crippen LogP contribution in [0.4, 0.5) is 0 Å². The highest BCUT2D eigenvalue weighted by atomic mass is 16.3. The van der Waals surface area contributed by atoms with Crippen molar-refractivity contribution in [1.82, 2.24) is 9.88 Å². The van der Waals surface area contributed by atoms with Crippen molar-refractivity contribution >= 4 is 22.6 Å². The van der Waals surface area contributed by atoms with Gasteiger partial charge in [0.1, 0.15) is 5.69 Å². The van der Waals surface area contributed by atoms with E-state index < -0.39 is 11.5 Å². The van der Waals surface area contributed by atoms with E-state index >= 15 is 0 Å². The fraction of sp³-hybridized carbons (Fsp3) is 0.174. The van der Waals surface area contributed by atoms with Gasteiger partial charge in [-0.1, -0.05) is 48.2 Å². The molecule has 2 aromatic carbocycles. The maximum absolute atomic E-state index is 12.1. The molecule has 2 heterocycles. The third-order valence-corrected chi connectivity index (χ3v) is 5.06. The minimum Gasteiger partial charge on any atom is -0.369 e. The number of hydrogen-bond donors (Lipinski definition) is 2. The third kappa shape index (κ3) is 3.44. The van der Waals surface area contributed by atoms with Crippen molar-refractivity contribution in [2.24, 2.45) is 5.73 Å². The Morgan fingerprint density at radius 1 is 1.21 bits per heavy atom. The lowest BCUT2D eigenvalue weighted by atomic mass is 10.0. The number of rotatable bonds is 2. The number of carbonyl (C=O) groups excluding carboxylic acids is 2. The maximum atomic E-state index is 12.1. The molecule has 2 amide bonds. The van der Waals surface area contributed by atoms with Crippen molar-refractivity contribution in [3.63, 3.8) is 0 Å². The van der Waals surface area contributed by atoms with Crippen molar-refractivity contribution in [2.75, 3.05) is 13.6 Å². The largest absolute Gasteiger partial charge is 0.369 e. The summed E-state index contributed by atoms with van der Waals surface area (Å²) in [5.74, 6) is 4.63. The number of pyridine rings is 1. The minimum atomic E-state index is -1.65. The molecular formula is C23H19N3O3. The molecule has 6 nitrogen and oxygen atoms in total. The van der Waals surface area contributed by atoms with Crippen LogP contribution in [0.3, 0.4) is 0 Å². The van der Waals surface area contributed by atoms with Crippen molar-refractivity contribution in [1.29, 1.82) is 0 Å². The van der Waals surface area contributed by atoms with E-state index in [-0.39, 0.29) is 18.0 Å². The standard InChI is InChI=1S/C23H19N3O3/c1-26-12-11-23(29,22(26)28)10-9-15-5-4-7-17(13-15)19-14-16-6-2-3-8-18(16)20(25-19)21(24)27/h2-8,13-14,29H,11-12H2,1H3,(H2,24,27). The monoisotopic (exact) mass is 385 g/mol. The highest BCUT2D eigenvalue weighted by Crippen LogP contribution is 2.26. The van der Waals surface area contributed by atoms with Gasteiger partial charge < -0.3 is 15.7 Å². The van der Waals surface area contributed by atoms with Gasteiger partial charge >= 0.3 is 0 Å². The van der Waals surface area contributed by atoms with Crippen LogP contribution in [-0.2, 0) is 4.79 Å². The zero-order valence-electron chi connectivity index (χ0n) is 15.8. The molecule has 0 aliphatic carbocycles. The summed E-state index contributed by atoms with van der Waals surface area (Å²) in [7, 11) is 1.64. The molecule has 3 N–H and O–H groups in total. The van der Waals surface area contributed by atoms with E-state index in [9.17, 15) is 14.7 Å². The van der Waals surface area contributed by atoms with Crippen LogP contribution in [0.1, 0.15) is 22.5 Å². The lowest BCUT2D eigenvalue weighted by Gasteiger charge is -2.13. The molecule has 1 atom stereocenters. The molecule has 1 aliphatic heterocycles. The second-order valence-electron chi connectivity index (χ2n) is 7.11. The summed E-state index contributed by atoms with van der Waals surface area (Å²) < 4.78 is 0. The summed E-state index contributed by atoms with van der Waals surface area (Å²) in [6, 6.07) is 16.6. The van der Waals surface area contributed by atoms with Crippen LogP contribution in [0.2, 0.25) is 0 Å². The third-order valence-electron chi connectivity index (χ3n) is 5.06. The molecule has 0 bridgehead atoms. The van der Waals surface area contributed by atoms with Crippen molar-refractivity contribution in [3.05, 3.63) is 65.9 Å². The molecule has 1 unspecified atom stereocenters. The van der Waals surface area contributed by atoms with Crippen LogP contribution in [0.25, 0.3) is 22.0 Å². The lowest BCUT2D eigenvalue weighted by molar-refractivity contribution is -0.137. The van der Waals surface area contributed by atoms with Gasteiger partial charge in [0.05, 0.1) is 5.69 Å². The molecule has 1 aromatic heterocycles. The average molecular weight is 385 g/mol. The van der Waals surface area contributed by atoms with Gasteiger partial charge in [0.2, 0.25) is 5.60 Å². The number of fused-ring (bicyclic) bond motifs is 1. The number of carbonyl (C=O) groups is 2. The summed E-state index contributed by atoms with van der Waals surface area (Å²) in [5.41, 5.74) is 6.07. The van der Waals surface area contributed by atoms with Crippen LogP contribution in [-0.4, -0.2) is 46.0 Å². The zero-order valence-corrected chi connectivity index (χ0v) is 15.8. The molecule has 1 saturated heterocycles. The fourth-order valence-electron chi connectivity index (χ4n) is 3.44. The molecule has 29 heavy (non-hydrogen) atoms. The summed E-state index contributed by atoms with van der Waals surface area (Å²) in [5, 5.41) is 12.0. The van der Waals surface area contributed by atoms with Gasteiger partial charge in [-0.05, 0) is 23.6 Å². The first kappa shape index (κ1) is 18.7. The molecule has 6 heteroatoms. The first-order valence-corrected chi connectivity index (χ1v) is 9.18. The number of likely N-dealkylation sites (tertiary alicyclic amines) is 1. The predicted molar refractivity (Wildman–Crippen MR) is 110 cm³/mol. The Morgan fingerprint density at radius 2 is 2.00 bits per heavy atom. The van der Waals surface area contributed by atoms with Gasteiger partial charge in [0.25, 0.3) is 11.8 Å². The van der Waals surface area contributed by atoms with E-state index in [0.717, 1.165) is 10.9 Å². The van der Waals surface area contributed by atoms with E-state index in [2.05, 4.69) is 16.8 Å². The van der Waals surface area contributed by atoms with Gasteiger partial charge in [-0.3, -0.25) is 9.59 Å². The van der Waals surface area contributed by atoms with Gasteiger partial charge in [-0.2, -0.15) is 0 Å². The van der Waals surface area contributed by atoms with Crippen LogP contribution in [0.15, 0.2) is 54.6 Å². The van der Waals surface area contributed by atoms with Gasteiger partial charge in [-0.25, -0.2) is 4.98 Å². The molecule has 4 rings (SSSR count). The van der Waals surface area contributed by atoms with E-state index in [1.807, 2.05) is 42.5 Å². The quantitative estimate of drug-likeness (QED) is 0.659. The van der Waals surface area contributed by atoms with E-state index in [0.29, 0.717) is 23.2 Å². The molecule has 0 spiro atoms. The average Bonchev–Trinajstić information content (AvgIpc) is 2.99. The Hall–Kier alpha value is -3.69. The van der Waals surface area contributed by atoms with Gasteiger partial charge in [0.15, 0.2) is 0 Å². The second kappa shape index (κ2) is 7.04. The van der Waals surface area contributed by atoms with E-state index in [1.54, 1.807) is 19.2 Å². The van der Waals surface area contributed by atoms with Crippen molar-refractivity contribution < 1.29 is 14.7 Å². The normalized spacial score (nSPS) is 18.6.